The van der Waals surface area contributed by atoms with Crippen LogP contribution in [0.3, 0.4) is 0 Å². The van der Waals surface area contributed by atoms with E-state index in [1.807, 2.05) is 6.92 Å². The molecule has 17 heavy (non-hydrogen) atoms. The van der Waals surface area contributed by atoms with E-state index in [1.165, 1.54) is 24.8 Å². The average Bonchev–Trinajstić information content (AvgIpc) is 2.29. The SMILES string of the molecule is CC#CCCC(N)C1(c2ccccc2)CCC1. The molecule has 0 aliphatic heterocycles. The van der Waals surface area contributed by atoms with Gasteiger partial charge in [-0.3, -0.25) is 0 Å². The van der Waals surface area contributed by atoms with Crippen molar-refractivity contribution in [2.45, 2.75) is 50.5 Å². The molecule has 1 heteroatoms. The average molecular weight is 227 g/mol. The van der Waals surface area contributed by atoms with Gasteiger partial charge in [0.1, 0.15) is 0 Å². The summed E-state index contributed by atoms with van der Waals surface area (Å²) in [5.74, 6) is 6.07. The highest BCUT2D eigenvalue weighted by Gasteiger charge is 2.43. The summed E-state index contributed by atoms with van der Waals surface area (Å²) in [6.07, 6.45) is 5.71. The Balaban J connectivity index is 2.11. The Morgan fingerprint density at radius 3 is 2.53 bits per heavy atom. The van der Waals surface area contributed by atoms with Gasteiger partial charge < -0.3 is 5.73 Å². The summed E-state index contributed by atoms with van der Waals surface area (Å²) in [6, 6.07) is 11.0. The quantitative estimate of drug-likeness (QED) is 0.785. The van der Waals surface area contributed by atoms with Crippen LogP contribution >= 0.6 is 0 Å². The fourth-order valence-corrected chi connectivity index (χ4v) is 2.83. The summed E-state index contributed by atoms with van der Waals surface area (Å²) < 4.78 is 0. The van der Waals surface area contributed by atoms with Gasteiger partial charge in [-0.2, -0.15) is 0 Å². The second-order valence-corrected chi connectivity index (χ2v) is 4.95. The maximum Gasteiger partial charge on any atom is 0.0145 e. The van der Waals surface area contributed by atoms with Crippen LogP contribution in [-0.4, -0.2) is 6.04 Å². The third kappa shape index (κ3) is 2.37. The number of nitrogens with two attached hydrogens (primary N) is 1. The fraction of sp³-hybridized carbons (Fsp3) is 0.500. The first-order valence-corrected chi connectivity index (χ1v) is 6.50. The maximum atomic E-state index is 6.42. The van der Waals surface area contributed by atoms with E-state index in [0.717, 1.165) is 12.8 Å². The molecule has 90 valence electrons. The highest BCUT2D eigenvalue weighted by atomic mass is 14.7. The Morgan fingerprint density at radius 2 is 2.00 bits per heavy atom. The van der Waals surface area contributed by atoms with Crippen molar-refractivity contribution in [3.05, 3.63) is 35.9 Å². The van der Waals surface area contributed by atoms with Gasteiger partial charge in [-0.25, -0.2) is 0 Å². The zero-order valence-electron chi connectivity index (χ0n) is 10.6. The van der Waals surface area contributed by atoms with Gasteiger partial charge in [-0.1, -0.05) is 36.8 Å². The van der Waals surface area contributed by atoms with Crippen LogP contribution < -0.4 is 5.73 Å². The molecular weight excluding hydrogens is 206 g/mol. The van der Waals surface area contributed by atoms with E-state index in [4.69, 9.17) is 5.73 Å². The first-order valence-electron chi connectivity index (χ1n) is 6.50. The fourth-order valence-electron chi connectivity index (χ4n) is 2.83. The van der Waals surface area contributed by atoms with Crippen LogP contribution in [0, 0.1) is 11.8 Å². The molecule has 1 aromatic carbocycles. The van der Waals surface area contributed by atoms with Crippen molar-refractivity contribution >= 4 is 0 Å². The largest absolute Gasteiger partial charge is 0.327 e. The number of rotatable bonds is 4. The Bertz CT molecular complexity index is 406. The number of hydrogen-bond acceptors (Lipinski definition) is 1. The van der Waals surface area contributed by atoms with Crippen LogP contribution in [0.5, 0.6) is 0 Å². The first kappa shape index (κ1) is 12.2. The van der Waals surface area contributed by atoms with Gasteiger partial charge in [-0.15, -0.1) is 11.8 Å². The summed E-state index contributed by atoms with van der Waals surface area (Å²) in [5.41, 5.74) is 8.07. The van der Waals surface area contributed by atoms with Gasteiger partial charge >= 0.3 is 0 Å². The van der Waals surface area contributed by atoms with Crippen molar-refractivity contribution in [1.29, 1.82) is 0 Å². The van der Waals surface area contributed by atoms with Crippen molar-refractivity contribution in [2.75, 3.05) is 0 Å². The van der Waals surface area contributed by atoms with Crippen LogP contribution in [0.15, 0.2) is 30.3 Å². The summed E-state index contributed by atoms with van der Waals surface area (Å²) in [7, 11) is 0. The molecule has 1 saturated carbocycles. The highest BCUT2D eigenvalue weighted by Crippen LogP contribution is 2.46. The molecule has 0 bridgehead atoms. The van der Waals surface area contributed by atoms with Crippen LogP contribution in [0.25, 0.3) is 0 Å². The highest BCUT2D eigenvalue weighted by molar-refractivity contribution is 5.30. The lowest BCUT2D eigenvalue weighted by molar-refractivity contribution is 0.189. The Morgan fingerprint density at radius 1 is 1.29 bits per heavy atom. The summed E-state index contributed by atoms with van der Waals surface area (Å²) in [4.78, 5) is 0. The maximum absolute atomic E-state index is 6.42. The van der Waals surface area contributed by atoms with E-state index in [2.05, 4.69) is 42.2 Å². The van der Waals surface area contributed by atoms with E-state index >= 15 is 0 Å². The summed E-state index contributed by atoms with van der Waals surface area (Å²) >= 11 is 0. The Labute approximate surface area is 104 Å². The van der Waals surface area contributed by atoms with Crippen LogP contribution in [0.2, 0.25) is 0 Å². The molecule has 0 heterocycles. The third-order valence-electron chi connectivity index (χ3n) is 4.06. The Hall–Kier alpha value is -1.26. The van der Waals surface area contributed by atoms with Gasteiger partial charge in [0.2, 0.25) is 0 Å². The predicted octanol–water partition coefficient (Wildman–Crippen LogP) is 3.24. The smallest absolute Gasteiger partial charge is 0.0145 e. The predicted molar refractivity (Wildman–Crippen MR) is 72.6 cm³/mol. The summed E-state index contributed by atoms with van der Waals surface area (Å²) in [5, 5.41) is 0. The molecule has 0 amide bonds. The lowest BCUT2D eigenvalue weighted by Gasteiger charge is -2.47. The lowest BCUT2D eigenvalue weighted by Crippen LogP contribution is -2.50. The van der Waals surface area contributed by atoms with Crippen molar-refractivity contribution < 1.29 is 0 Å². The van der Waals surface area contributed by atoms with E-state index in [0.29, 0.717) is 0 Å². The van der Waals surface area contributed by atoms with Crippen LogP contribution in [0.4, 0.5) is 0 Å². The van der Waals surface area contributed by atoms with E-state index in [-0.39, 0.29) is 11.5 Å². The zero-order valence-corrected chi connectivity index (χ0v) is 10.6. The molecule has 1 aromatic rings. The van der Waals surface area contributed by atoms with Crippen molar-refractivity contribution in [3.8, 4) is 11.8 Å². The topological polar surface area (TPSA) is 26.0 Å². The first-order chi connectivity index (χ1) is 8.29. The molecular formula is C16H21N. The third-order valence-corrected chi connectivity index (χ3v) is 4.06. The second-order valence-electron chi connectivity index (χ2n) is 4.95. The van der Waals surface area contributed by atoms with E-state index in [9.17, 15) is 0 Å². The van der Waals surface area contributed by atoms with E-state index < -0.39 is 0 Å². The molecule has 1 aliphatic rings. The van der Waals surface area contributed by atoms with Gasteiger partial charge in [0, 0.05) is 17.9 Å². The molecule has 1 fully saturated rings. The van der Waals surface area contributed by atoms with Crippen LogP contribution in [-0.2, 0) is 5.41 Å². The minimum absolute atomic E-state index is 0.233. The van der Waals surface area contributed by atoms with Crippen molar-refractivity contribution in [2.24, 2.45) is 5.73 Å². The second kappa shape index (κ2) is 5.38. The molecule has 0 spiro atoms. The van der Waals surface area contributed by atoms with E-state index in [1.54, 1.807) is 0 Å². The van der Waals surface area contributed by atoms with Gasteiger partial charge in [0.25, 0.3) is 0 Å². The summed E-state index contributed by atoms with van der Waals surface area (Å²) in [6.45, 7) is 1.89. The minimum Gasteiger partial charge on any atom is -0.327 e. The normalized spacial score (nSPS) is 18.7. The van der Waals surface area contributed by atoms with Crippen molar-refractivity contribution in [3.63, 3.8) is 0 Å². The monoisotopic (exact) mass is 227 g/mol. The molecule has 2 rings (SSSR count). The molecule has 1 atom stereocenters. The molecule has 0 radical (unpaired) electrons. The standard InChI is InChI=1S/C16H21N/c1-2-3-5-11-15(17)16(12-8-13-16)14-9-6-4-7-10-14/h4,6-7,9-10,15H,5,8,11-13,17H2,1H3. The van der Waals surface area contributed by atoms with Gasteiger partial charge in [-0.05, 0) is 31.7 Å². The van der Waals surface area contributed by atoms with Crippen molar-refractivity contribution in [1.82, 2.24) is 0 Å². The number of hydrogen-bond donors (Lipinski definition) is 1. The molecule has 1 aliphatic carbocycles. The van der Waals surface area contributed by atoms with Gasteiger partial charge in [0.05, 0.1) is 0 Å². The number of benzene rings is 1. The minimum atomic E-state index is 0.233. The molecule has 0 saturated heterocycles. The molecule has 0 aromatic heterocycles. The molecule has 1 unspecified atom stereocenters. The molecule has 2 N–H and O–H groups in total. The molecule has 1 nitrogen and oxygen atoms in total. The van der Waals surface area contributed by atoms with Crippen LogP contribution in [0.1, 0.15) is 44.6 Å². The van der Waals surface area contributed by atoms with Gasteiger partial charge in [0.15, 0.2) is 0 Å². The Kier molecular flexibility index (Phi) is 3.86. The lowest BCUT2D eigenvalue weighted by atomic mass is 9.59. The zero-order chi connectivity index (χ0) is 12.1.